The standard InChI is InChI=1S/C12H15N3O2S/c16-18(17)6-4-9(5-7-18)14-11-2-1-3-12-10(11)8-13-15-12/h1-3,8-9,14H,4-7H2,(H,13,15). The monoisotopic (exact) mass is 265 g/mol. The third-order valence-corrected chi connectivity index (χ3v) is 5.11. The van der Waals surface area contributed by atoms with E-state index in [1.165, 1.54) is 0 Å². The number of nitrogens with one attached hydrogen (secondary N) is 2. The van der Waals surface area contributed by atoms with Crippen molar-refractivity contribution in [3.8, 4) is 0 Å². The summed E-state index contributed by atoms with van der Waals surface area (Å²) in [6.45, 7) is 0. The largest absolute Gasteiger partial charge is 0.382 e. The second kappa shape index (κ2) is 4.28. The van der Waals surface area contributed by atoms with Gasteiger partial charge in [0.25, 0.3) is 0 Å². The lowest BCUT2D eigenvalue weighted by atomic mass is 10.1. The number of aromatic nitrogens is 2. The molecule has 1 aliphatic heterocycles. The molecule has 0 spiro atoms. The third kappa shape index (κ3) is 2.20. The average molecular weight is 265 g/mol. The van der Waals surface area contributed by atoms with Gasteiger partial charge in [-0.15, -0.1) is 0 Å². The maximum atomic E-state index is 11.4. The van der Waals surface area contributed by atoms with Crippen molar-refractivity contribution in [3.05, 3.63) is 24.4 Å². The van der Waals surface area contributed by atoms with Gasteiger partial charge < -0.3 is 5.32 Å². The van der Waals surface area contributed by atoms with Crippen molar-refractivity contribution in [1.29, 1.82) is 0 Å². The summed E-state index contributed by atoms with van der Waals surface area (Å²) < 4.78 is 22.8. The molecule has 1 saturated heterocycles. The lowest BCUT2D eigenvalue weighted by molar-refractivity contribution is 0.560. The fourth-order valence-electron chi connectivity index (χ4n) is 2.35. The van der Waals surface area contributed by atoms with Crippen molar-refractivity contribution in [2.24, 2.45) is 0 Å². The van der Waals surface area contributed by atoms with Crippen molar-refractivity contribution < 1.29 is 8.42 Å². The molecule has 1 aromatic carbocycles. The van der Waals surface area contributed by atoms with Gasteiger partial charge in [0.15, 0.2) is 0 Å². The third-order valence-electron chi connectivity index (χ3n) is 3.40. The topological polar surface area (TPSA) is 74.8 Å². The molecule has 0 saturated carbocycles. The molecule has 0 amide bonds. The Balaban J connectivity index is 1.79. The first kappa shape index (κ1) is 11.5. The SMILES string of the molecule is O=S1(=O)CCC(Nc2cccc3[nH]ncc23)CC1. The molecule has 0 bridgehead atoms. The molecule has 2 N–H and O–H groups in total. The Hall–Kier alpha value is -1.56. The van der Waals surface area contributed by atoms with Crippen molar-refractivity contribution >= 4 is 26.4 Å². The zero-order valence-electron chi connectivity index (χ0n) is 9.89. The summed E-state index contributed by atoms with van der Waals surface area (Å²) in [6.07, 6.45) is 3.14. The van der Waals surface area contributed by atoms with E-state index in [1.54, 1.807) is 6.20 Å². The van der Waals surface area contributed by atoms with Gasteiger partial charge in [-0.05, 0) is 25.0 Å². The zero-order chi connectivity index (χ0) is 12.6. The molecule has 18 heavy (non-hydrogen) atoms. The Labute approximate surface area is 106 Å². The summed E-state index contributed by atoms with van der Waals surface area (Å²) >= 11 is 0. The van der Waals surface area contributed by atoms with Gasteiger partial charge in [0.1, 0.15) is 9.84 Å². The highest BCUT2D eigenvalue weighted by Crippen LogP contribution is 2.24. The summed E-state index contributed by atoms with van der Waals surface area (Å²) in [7, 11) is -2.80. The predicted octanol–water partition coefficient (Wildman–Crippen LogP) is 1.55. The minimum absolute atomic E-state index is 0.231. The van der Waals surface area contributed by atoms with E-state index in [4.69, 9.17) is 0 Å². The van der Waals surface area contributed by atoms with Gasteiger partial charge in [0.2, 0.25) is 0 Å². The summed E-state index contributed by atoms with van der Waals surface area (Å²) in [5.74, 6) is 0.568. The molecular weight excluding hydrogens is 250 g/mol. The van der Waals surface area contributed by atoms with Gasteiger partial charge >= 0.3 is 0 Å². The van der Waals surface area contributed by atoms with Crippen molar-refractivity contribution in [2.75, 3.05) is 16.8 Å². The predicted molar refractivity (Wildman–Crippen MR) is 71.4 cm³/mol. The summed E-state index contributed by atoms with van der Waals surface area (Å²) in [6, 6.07) is 6.16. The molecular formula is C12H15N3O2S. The molecule has 0 aliphatic carbocycles. The van der Waals surface area contributed by atoms with Crippen LogP contribution in [0, 0.1) is 0 Å². The molecule has 6 heteroatoms. The molecule has 0 radical (unpaired) electrons. The van der Waals surface area contributed by atoms with Crippen LogP contribution in [-0.4, -0.2) is 36.2 Å². The van der Waals surface area contributed by atoms with E-state index < -0.39 is 9.84 Å². The minimum Gasteiger partial charge on any atom is -0.382 e. The smallest absolute Gasteiger partial charge is 0.150 e. The van der Waals surface area contributed by atoms with Crippen LogP contribution >= 0.6 is 0 Å². The molecule has 1 aliphatic rings. The van der Waals surface area contributed by atoms with Crippen LogP contribution in [0.5, 0.6) is 0 Å². The van der Waals surface area contributed by atoms with Gasteiger partial charge in [-0.25, -0.2) is 8.42 Å². The summed E-state index contributed by atoms with van der Waals surface area (Å²) in [4.78, 5) is 0. The van der Waals surface area contributed by atoms with Crippen LogP contribution in [-0.2, 0) is 9.84 Å². The quantitative estimate of drug-likeness (QED) is 0.864. The van der Waals surface area contributed by atoms with Crippen LogP contribution in [0.2, 0.25) is 0 Å². The number of nitrogens with zero attached hydrogens (tertiary/aromatic N) is 1. The molecule has 2 aromatic rings. The van der Waals surface area contributed by atoms with Crippen molar-refractivity contribution in [3.63, 3.8) is 0 Å². The van der Waals surface area contributed by atoms with E-state index in [1.807, 2.05) is 18.2 Å². The van der Waals surface area contributed by atoms with Crippen LogP contribution in [0.1, 0.15) is 12.8 Å². The Morgan fingerprint density at radius 2 is 2.06 bits per heavy atom. The van der Waals surface area contributed by atoms with Crippen molar-refractivity contribution in [2.45, 2.75) is 18.9 Å². The molecule has 1 aromatic heterocycles. The first-order chi connectivity index (χ1) is 8.64. The van der Waals surface area contributed by atoms with Gasteiger partial charge in [0.05, 0.1) is 23.2 Å². The number of H-pyrrole nitrogens is 1. The summed E-state index contributed by atoms with van der Waals surface area (Å²) in [5.41, 5.74) is 2.01. The highest BCUT2D eigenvalue weighted by atomic mass is 32.2. The summed E-state index contributed by atoms with van der Waals surface area (Å²) in [5, 5.41) is 11.4. The number of anilines is 1. The molecule has 1 fully saturated rings. The van der Waals surface area contributed by atoms with Crippen LogP contribution in [0.25, 0.3) is 10.9 Å². The fraction of sp³-hybridized carbons (Fsp3) is 0.417. The highest BCUT2D eigenvalue weighted by Gasteiger charge is 2.23. The lowest BCUT2D eigenvalue weighted by Crippen LogP contribution is -2.32. The number of hydrogen-bond donors (Lipinski definition) is 2. The number of fused-ring (bicyclic) bond motifs is 1. The van der Waals surface area contributed by atoms with Crippen LogP contribution in [0.15, 0.2) is 24.4 Å². The van der Waals surface area contributed by atoms with Gasteiger partial charge in [0, 0.05) is 17.1 Å². The lowest BCUT2D eigenvalue weighted by Gasteiger charge is -2.24. The van der Waals surface area contributed by atoms with Gasteiger partial charge in [-0.2, -0.15) is 5.10 Å². The van der Waals surface area contributed by atoms with E-state index in [9.17, 15) is 8.42 Å². The second-order valence-corrected chi connectivity index (χ2v) is 7.01. The van der Waals surface area contributed by atoms with E-state index in [2.05, 4.69) is 15.5 Å². The Bertz CT molecular complexity index is 649. The first-order valence-corrected chi connectivity index (χ1v) is 7.85. The molecule has 2 heterocycles. The number of hydrogen-bond acceptors (Lipinski definition) is 4. The Kier molecular flexibility index (Phi) is 2.74. The minimum atomic E-state index is -2.80. The van der Waals surface area contributed by atoms with Crippen LogP contribution in [0.4, 0.5) is 5.69 Å². The van der Waals surface area contributed by atoms with Crippen LogP contribution in [0.3, 0.4) is 0 Å². The Morgan fingerprint density at radius 3 is 2.83 bits per heavy atom. The maximum absolute atomic E-state index is 11.4. The molecule has 5 nitrogen and oxygen atoms in total. The number of benzene rings is 1. The molecule has 3 rings (SSSR count). The second-order valence-electron chi connectivity index (χ2n) is 4.71. The molecule has 96 valence electrons. The van der Waals surface area contributed by atoms with E-state index in [0.717, 1.165) is 16.6 Å². The average Bonchev–Trinajstić information content (AvgIpc) is 2.81. The zero-order valence-corrected chi connectivity index (χ0v) is 10.7. The van der Waals surface area contributed by atoms with E-state index in [-0.39, 0.29) is 17.5 Å². The Morgan fingerprint density at radius 1 is 1.28 bits per heavy atom. The van der Waals surface area contributed by atoms with Gasteiger partial charge in [-0.1, -0.05) is 6.07 Å². The molecule has 0 atom stereocenters. The highest BCUT2D eigenvalue weighted by molar-refractivity contribution is 7.91. The van der Waals surface area contributed by atoms with Gasteiger partial charge in [-0.3, -0.25) is 5.10 Å². The number of rotatable bonds is 2. The van der Waals surface area contributed by atoms with E-state index in [0.29, 0.717) is 12.8 Å². The fourth-order valence-corrected chi connectivity index (χ4v) is 3.84. The molecule has 0 unspecified atom stereocenters. The first-order valence-electron chi connectivity index (χ1n) is 6.03. The van der Waals surface area contributed by atoms with Crippen LogP contribution < -0.4 is 5.32 Å². The normalized spacial score (nSPS) is 20.0. The number of sulfone groups is 1. The number of aromatic amines is 1. The van der Waals surface area contributed by atoms with E-state index >= 15 is 0 Å². The maximum Gasteiger partial charge on any atom is 0.150 e. The van der Waals surface area contributed by atoms with Crippen molar-refractivity contribution in [1.82, 2.24) is 10.2 Å².